The Morgan fingerprint density at radius 1 is 0.851 bits per heavy atom. The van der Waals surface area contributed by atoms with Gasteiger partial charge in [0.1, 0.15) is 17.2 Å². The van der Waals surface area contributed by atoms with Crippen LogP contribution in [0, 0.1) is 6.92 Å². The maximum Gasteiger partial charge on any atom is 0.335 e. The van der Waals surface area contributed by atoms with Crippen LogP contribution in [0.15, 0.2) is 102 Å². The number of carboxylic acid groups (broad SMARTS) is 1. The minimum atomic E-state index is -1.08. The summed E-state index contributed by atoms with van der Waals surface area (Å²) in [6, 6.07) is 25.2. The SMILES string of the molecule is CCC(Sc1cccc(NC(=O)/C(=C\c2ccc(OC)cc2OC)NC(=O)c2ccccc2)c1)C(=O)Nc1cc(C(=O)O)ccc1C. The van der Waals surface area contributed by atoms with E-state index in [1.54, 1.807) is 79.7 Å². The van der Waals surface area contributed by atoms with Crippen LogP contribution in [0.2, 0.25) is 0 Å². The highest BCUT2D eigenvalue weighted by molar-refractivity contribution is 8.00. The summed E-state index contributed by atoms with van der Waals surface area (Å²) in [4.78, 5) is 52.1. The van der Waals surface area contributed by atoms with Crippen molar-refractivity contribution in [2.24, 2.45) is 0 Å². The quantitative estimate of drug-likeness (QED) is 0.0931. The van der Waals surface area contributed by atoms with Crippen LogP contribution in [0.5, 0.6) is 11.5 Å². The highest BCUT2D eigenvalue weighted by Crippen LogP contribution is 2.30. The first-order valence-corrected chi connectivity index (χ1v) is 15.5. The smallest absolute Gasteiger partial charge is 0.335 e. The number of hydrogen-bond acceptors (Lipinski definition) is 7. The van der Waals surface area contributed by atoms with Gasteiger partial charge in [-0.05, 0) is 79.6 Å². The fourth-order valence-electron chi connectivity index (χ4n) is 4.47. The molecule has 0 fully saturated rings. The van der Waals surface area contributed by atoms with E-state index < -0.39 is 23.0 Å². The van der Waals surface area contributed by atoms with Crippen LogP contribution >= 0.6 is 11.8 Å². The number of carboxylic acids is 1. The lowest BCUT2D eigenvalue weighted by Gasteiger charge is -2.17. The van der Waals surface area contributed by atoms with Crippen molar-refractivity contribution in [2.45, 2.75) is 30.4 Å². The molecule has 0 aliphatic rings. The summed E-state index contributed by atoms with van der Waals surface area (Å²) in [5.74, 6) is -1.40. The number of methoxy groups -OCH3 is 2. The third-order valence-corrected chi connectivity index (χ3v) is 8.40. The van der Waals surface area contributed by atoms with Crippen LogP contribution < -0.4 is 25.4 Å². The van der Waals surface area contributed by atoms with Crippen molar-refractivity contribution in [1.82, 2.24) is 5.32 Å². The van der Waals surface area contributed by atoms with Gasteiger partial charge in [0, 0.05) is 33.5 Å². The average molecular weight is 654 g/mol. The molecule has 1 atom stereocenters. The number of carbonyl (C=O) groups is 4. The van der Waals surface area contributed by atoms with Crippen LogP contribution in [0.25, 0.3) is 6.08 Å². The molecule has 47 heavy (non-hydrogen) atoms. The lowest BCUT2D eigenvalue weighted by atomic mass is 10.1. The van der Waals surface area contributed by atoms with E-state index in [9.17, 15) is 24.3 Å². The number of carbonyl (C=O) groups excluding carboxylic acids is 3. The number of anilines is 2. The minimum absolute atomic E-state index is 0.0230. The van der Waals surface area contributed by atoms with Crippen LogP contribution in [-0.4, -0.2) is 48.3 Å². The average Bonchev–Trinajstić information content (AvgIpc) is 3.08. The molecule has 0 saturated heterocycles. The fourth-order valence-corrected chi connectivity index (χ4v) is 5.48. The van der Waals surface area contributed by atoms with E-state index >= 15 is 0 Å². The van der Waals surface area contributed by atoms with E-state index in [0.717, 1.165) is 10.5 Å². The second-order valence-electron chi connectivity index (χ2n) is 10.3. The molecule has 0 heterocycles. The maximum absolute atomic E-state index is 13.6. The molecule has 0 spiro atoms. The third-order valence-electron chi connectivity index (χ3n) is 7.05. The van der Waals surface area contributed by atoms with Gasteiger partial charge in [0.25, 0.3) is 11.8 Å². The zero-order valence-corrected chi connectivity index (χ0v) is 27.1. The van der Waals surface area contributed by atoms with Crippen LogP contribution in [0.3, 0.4) is 0 Å². The van der Waals surface area contributed by atoms with E-state index in [2.05, 4.69) is 16.0 Å². The summed E-state index contributed by atoms with van der Waals surface area (Å²) in [7, 11) is 3.03. The number of thioether (sulfide) groups is 1. The van der Waals surface area contributed by atoms with Gasteiger partial charge < -0.3 is 30.5 Å². The van der Waals surface area contributed by atoms with Crippen molar-refractivity contribution in [3.05, 3.63) is 119 Å². The number of amides is 3. The second kappa shape index (κ2) is 16.1. The van der Waals surface area contributed by atoms with Crippen LogP contribution in [0.4, 0.5) is 11.4 Å². The first-order chi connectivity index (χ1) is 22.6. The molecule has 4 rings (SSSR count). The Balaban J connectivity index is 1.55. The third kappa shape index (κ3) is 9.24. The molecule has 0 aliphatic carbocycles. The molecule has 11 heteroatoms. The molecule has 242 valence electrons. The zero-order chi connectivity index (χ0) is 33.9. The van der Waals surface area contributed by atoms with E-state index in [0.29, 0.717) is 40.4 Å². The largest absolute Gasteiger partial charge is 0.497 e. The number of aryl methyl sites for hydroxylation is 1. The highest BCUT2D eigenvalue weighted by atomic mass is 32.2. The molecule has 0 aliphatic heterocycles. The minimum Gasteiger partial charge on any atom is -0.497 e. The number of hydrogen-bond donors (Lipinski definition) is 4. The van der Waals surface area contributed by atoms with Crippen molar-refractivity contribution < 1.29 is 33.8 Å². The van der Waals surface area contributed by atoms with Crippen molar-refractivity contribution in [3.8, 4) is 11.5 Å². The summed E-state index contributed by atoms with van der Waals surface area (Å²) in [6.07, 6.45) is 2.01. The normalized spacial score (nSPS) is 11.6. The van der Waals surface area contributed by atoms with E-state index in [4.69, 9.17) is 9.47 Å². The van der Waals surface area contributed by atoms with Gasteiger partial charge in [-0.15, -0.1) is 11.8 Å². The summed E-state index contributed by atoms with van der Waals surface area (Å²) >= 11 is 1.31. The number of rotatable bonds is 13. The van der Waals surface area contributed by atoms with Gasteiger partial charge in [-0.3, -0.25) is 14.4 Å². The number of ether oxygens (including phenoxy) is 2. The molecular formula is C36H35N3O7S. The Hall–Kier alpha value is -5.55. The van der Waals surface area contributed by atoms with Gasteiger partial charge in [-0.25, -0.2) is 4.79 Å². The molecule has 4 aromatic rings. The van der Waals surface area contributed by atoms with Gasteiger partial charge in [0.05, 0.1) is 25.0 Å². The van der Waals surface area contributed by atoms with E-state index in [1.807, 2.05) is 13.0 Å². The molecule has 10 nitrogen and oxygen atoms in total. The van der Waals surface area contributed by atoms with Gasteiger partial charge in [0.15, 0.2) is 0 Å². The Labute approximate surface area is 277 Å². The molecule has 4 aromatic carbocycles. The van der Waals surface area contributed by atoms with Gasteiger partial charge in [0.2, 0.25) is 5.91 Å². The molecule has 1 unspecified atom stereocenters. The summed E-state index contributed by atoms with van der Waals surface area (Å²) in [5, 5.41) is 17.3. The van der Waals surface area contributed by atoms with Gasteiger partial charge >= 0.3 is 5.97 Å². The van der Waals surface area contributed by atoms with Crippen LogP contribution in [-0.2, 0) is 9.59 Å². The Bertz CT molecular complexity index is 1810. The van der Waals surface area contributed by atoms with Crippen molar-refractivity contribution >= 4 is 52.9 Å². The van der Waals surface area contributed by atoms with Crippen molar-refractivity contribution in [1.29, 1.82) is 0 Å². The second-order valence-corrected chi connectivity index (χ2v) is 11.6. The summed E-state index contributed by atoms with van der Waals surface area (Å²) < 4.78 is 10.8. The predicted octanol–water partition coefficient (Wildman–Crippen LogP) is 6.63. The topological polar surface area (TPSA) is 143 Å². The molecule has 0 bridgehead atoms. The first kappa shape index (κ1) is 34.3. The Morgan fingerprint density at radius 2 is 1.62 bits per heavy atom. The standard InChI is InChI=1S/C36H35N3O7S/c1-5-32(35(42)38-29-19-25(36(43)44)15-14-22(29)2)47-28-13-9-12-26(20-28)37-34(41)30(39-33(40)23-10-7-6-8-11-23)18-24-16-17-27(45-3)21-31(24)46-4/h6-21,32H,5H2,1-4H3,(H,37,41)(H,38,42)(H,39,40)(H,43,44)/b30-18+. The monoisotopic (exact) mass is 653 g/mol. The number of aromatic carboxylic acids is 1. The van der Waals surface area contributed by atoms with Gasteiger partial charge in [-0.2, -0.15) is 0 Å². The van der Waals surface area contributed by atoms with Crippen LogP contribution in [0.1, 0.15) is 45.2 Å². The summed E-state index contributed by atoms with van der Waals surface area (Å²) in [5.41, 5.74) is 2.58. The highest BCUT2D eigenvalue weighted by Gasteiger charge is 2.21. The molecule has 0 radical (unpaired) electrons. The first-order valence-electron chi connectivity index (χ1n) is 14.6. The molecule has 0 saturated carbocycles. The van der Waals surface area contributed by atoms with Gasteiger partial charge in [-0.1, -0.05) is 37.3 Å². The molecular weight excluding hydrogens is 618 g/mol. The number of nitrogens with one attached hydrogen (secondary N) is 3. The molecule has 0 aromatic heterocycles. The maximum atomic E-state index is 13.6. The van der Waals surface area contributed by atoms with E-state index in [1.165, 1.54) is 44.2 Å². The van der Waals surface area contributed by atoms with E-state index in [-0.39, 0.29) is 17.2 Å². The lowest BCUT2D eigenvalue weighted by Crippen LogP contribution is -2.30. The molecule has 4 N–H and O–H groups in total. The lowest BCUT2D eigenvalue weighted by molar-refractivity contribution is -0.116. The fraction of sp³-hybridized carbons (Fsp3) is 0.167. The summed E-state index contributed by atoms with van der Waals surface area (Å²) in [6.45, 7) is 3.67. The molecule has 3 amide bonds. The van der Waals surface area contributed by atoms with Crippen molar-refractivity contribution in [2.75, 3.05) is 24.9 Å². The van der Waals surface area contributed by atoms with Crippen molar-refractivity contribution in [3.63, 3.8) is 0 Å². The zero-order valence-electron chi connectivity index (χ0n) is 26.3. The Morgan fingerprint density at radius 3 is 2.30 bits per heavy atom. The Kier molecular flexibility index (Phi) is 11.8. The number of benzene rings is 4. The predicted molar refractivity (Wildman–Crippen MR) is 183 cm³/mol.